The number of nitrogens with two attached hydrogens (primary N) is 1. The summed E-state index contributed by atoms with van der Waals surface area (Å²) >= 11 is 0.973. The molecule has 36 heavy (non-hydrogen) atoms. The SMILES string of the molecule is CC[C@]1(C)C[C@@H](OC(=O)NC(=O)c2cnc(N)s2)[C@@]2(C)CC3C(=O)[C@@H](O)C[C@@]3(CCC2C)[C@@H](C)[C@@H]1O. The first-order valence-electron chi connectivity index (χ1n) is 12.9. The van der Waals surface area contributed by atoms with Gasteiger partial charge in [-0.3, -0.25) is 14.9 Å². The van der Waals surface area contributed by atoms with Gasteiger partial charge >= 0.3 is 6.09 Å². The Morgan fingerprint density at radius 3 is 2.56 bits per heavy atom. The Labute approximate surface area is 216 Å². The molecular weight excluding hydrogens is 482 g/mol. The van der Waals surface area contributed by atoms with Crippen molar-refractivity contribution < 1.29 is 29.3 Å². The van der Waals surface area contributed by atoms with Gasteiger partial charge in [0, 0.05) is 11.3 Å². The topological polar surface area (TPSA) is 152 Å². The van der Waals surface area contributed by atoms with E-state index in [-0.39, 0.29) is 27.6 Å². The van der Waals surface area contributed by atoms with Crippen LogP contribution in [0.15, 0.2) is 6.20 Å². The standard InChI is InChI=1S/C26H39N3O6S/c1-6-24(4)11-18(35-23(34)29-21(33)17-12-28-22(27)36-17)25(5)9-15-19(31)16(30)10-26(15,8-7-13(25)2)14(3)20(24)32/h12-16,18,20,30,32H,6-11H2,1-5H3,(H2,27,28)(H,29,33,34)/t13?,14-,15?,16-,18+,20-,24+,25-,26-/m0/s1. The number of aliphatic hydroxyl groups excluding tert-OH is 2. The first kappa shape index (κ1) is 27.0. The molecular formula is C26H39N3O6S. The number of anilines is 1. The van der Waals surface area contributed by atoms with Crippen molar-refractivity contribution >= 4 is 34.3 Å². The number of imide groups is 1. The van der Waals surface area contributed by atoms with Gasteiger partial charge < -0.3 is 20.7 Å². The van der Waals surface area contributed by atoms with E-state index in [0.717, 1.165) is 24.2 Å². The van der Waals surface area contributed by atoms with Crippen molar-refractivity contribution in [1.29, 1.82) is 0 Å². The van der Waals surface area contributed by atoms with Crippen LogP contribution in [0.1, 0.15) is 82.8 Å². The van der Waals surface area contributed by atoms with E-state index in [1.165, 1.54) is 6.20 Å². The molecule has 2 amide bonds. The van der Waals surface area contributed by atoms with Crippen LogP contribution in [0.4, 0.5) is 9.93 Å². The van der Waals surface area contributed by atoms with E-state index in [4.69, 9.17) is 10.5 Å². The summed E-state index contributed by atoms with van der Waals surface area (Å²) in [7, 11) is 0. The lowest BCUT2D eigenvalue weighted by Crippen LogP contribution is -2.50. The number of fused-ring (bicyclic) bond motifs is 1. The number of amides is 2. The Morgan fingerprint density at radius 1 is 1.25 bits per heavy atom. The number of aromatic nitrogens is 1. The molecule has 3 aliphatic rings. The van der Waals surface area contributed by atoms with E-state index < -0.39 is 52.5 Å². The zero-order valence-electron chi connectivity index (χ0n) is 21.7. The number of nitrogen functional groups attached to an aromatic ring is 1. The molecule has 0 spiro atoms. The van der Waals surface area contributed by atoms with Gasteiger partial charge in [0.1, 0.15) is 17.1 Å². The van der Waals surface area contributed by atoms with E-state index in [9.17, 15) is 24.6 Å². The summed E-state index contributed by atoms with van der Waals surface area (Å²) in [5.74, 6) is -1.34. The molecule has 10 heteroatoms. The summed E-state index contributed by atoms with van der Waals surface area (Å²) in [6.07, 6.45) is 1.33. The number of Topliss-reactive ketones (excluding diaryl/α,β-unsaturated/α-hetero) is 1. The number of carbonyl (C=O) groups is 3. The summed E-state index contributed by atoms with van der Waals surface area (Å²) in [4.78, 5) is 42.9. The van der Waals surface area contributed by atoms with E-state index in [2.05, 4.69) is 17.2 Å². The van der Waals surface area contributed by atoms with Gasteiger partial charge in [0.05, 0.1) is 12.3 Å². The van der Waals surface area contributed by atoms with Crippen molar-refractivity contribution in [1.82, 2.24) is 10.3 Å². The fourth-order valence-corrected chi connectivity index (χ4v) is 7.84. The maximum absolute atomic E-state index is 13.3. The highest BCUT2D eigenvalue weighted by molar-refractivity contribution is 7.17. The summed E-state index contributed by atoms with van der Waals surface area (Å²) < 4.78 is 6.02. The number of aliphatic hydroxyl groups is 2. The summed E-state index contributed by atoms with van der Waals surface area (Å²) in [6.45, 7) is 10.2. The van der Waals surface area contributed by atoms with Crippen LogP contribution >= 0.6 is 11.3 Å². The molecule has 3 aliphatic carbocycles. The predicted octanol–water partition coefficient (Wildman–Crippen LogP) is 3.54. The minimum Gasteiger partial charge on any atom is -0.445 e. The van der Waals surface area contributed by atoms with Crippen molar-refractivity contribution in [3.63, 3.8) is 0 Å². The maximum Gasteiger partial charge on any atom is 0.414 e. The van der Waals surface area contributed by atoms with Crippen LogP contribution in [-0.4, -0.2) is 51.3 Å². The van der Waals surface area contributed by atoms with Gasteiger partial charge in [-0.15, -0.1) is 0 Å². The molecule has 5 N–H and O–H groups in total. The maximum atomic E-state index is 13.3. The van der Waals surface area contributed by atoms with Crippen molar-refractivity contribution in [3.8, 4) is 0 Å². The number of thiazole rings is 1. The first-order chi connectivity index (χ1) is 16.8. The van der Waals surface area contributed by atoms with Gasteiger partial charge in [-0.1, -0.05) is 46.0 Å². The molecule has 0 radical (unpaired) electrons. The van der Waals surface area contributed by atoms with Crippen molar-refractivity contribution in [2.45, 2.75) is 91.5 Å². The third-order valence-corrected chi connectivity index (χ3v) is 11.1. The number of rotatable bonds is 3. The lowest BCUT2D eigenvalue weighted by Gasteiger charge is -2.48. The third-order valence-electron chi connectivity index (χ3n) is 10.3. The molecule has 9 nitrogen and oxygen atoms in total. The average Bonchev–Trinajstić information content (AvgIpc) is 3.34. The highest BCUT2D eigenvalue weighted by Gasteiger charge is 2.64. The fraction of sp³-hybridized carbons (Fsp3) is 0.769. The Kier molecular flexibility index (Phi) is 7.03. The van der Waals surface area contributed by atoms with E-state index in [1.807, 2.05) is 27.7 Å². The normalized spacial score (nSPS) is 42.6. The lowest BCUT2D eigenvalue weighted by atomic mass is 9.59. The Bertz CT molecular complexity index is 1050. The number of hydrogen-bond acceptors (Lipinski definition) is 9. The number of carbonyl (C=O) groups excluding carboxylic acids is 3. The summed E-state index contributed by atoms with van der Waals surface area (Å²) in [5.41, 5.74) is 3.91. The van der Waals surface area contributed by atoms with Crippen LogP contribution in [0, 0.1) is 34.0 Å². The molecule has 4 rings (SSSR count). The van der Waals surface area contributed by atoms with Crippen molar-refractivity contribution in [3.05, 3.63) is 11.1 Å². The Morgan fingerprint density at radius 2 is 1.94 bits per heavy atom. The summed E-state index contributed by atoms with van der Waals surface area (Å²) in [6, 6.07) is 0. The second kappa shape index (κ2) is 9.36. The van der Waals surface area contributed by atoms with Crippen LogP contribution in [0.3, 0.4) is 0 Å². The molecule has 0 aromatic carbocycles. The Balaban J connectivity index is 1.72. The molecule has 3 fully saturated rings. The zero-order chi connectivity index (χ0) is 26.6. The van der Waals surface area contributed by atoms with E-state index in [1.54, 1.807) is 0 Å². The zero-order valence-corrected chi connectivity index (χ0v) is 22.6. The van der Waals surface area contributed by atoms with Crippen molar-refractivity contribution in [2.75, 3.05) is 5.73 Å². The third kappa shape index (κ3) is 4.24. The van der Waals surface area contributed by atoms with Gasteiger partial charge in [-0.05, 0) is 61.2 Å². The van der Waals surface area contributed by atoms with E-state index >= 15 is 0 Å². The summed E-state index contributed by atoms with van der Waals surface area (Å²) in [5, 5.41) is 24.9. The minimum absolute atomic E-state index is 0.114. The second-order valence-electron chi connectivity index (χ2n) is 11.9. The monoisotopic (exact) mass is 521 g/mol. The average molecular weight is 522 g/mol. The van der Waals surface area contributed by atoms with Gasteiger partial charge in [-0.2, -0.15) is 0 Å². The van der Waals surface area contributed by atoms with Gasteiger partial charge in [-0.25, -0.2) is 9.78 Å². The molecule has 1 aromatic heterocycles. The number of hydrogen-bond donors (Lipinski definition) is 4. The van der Waals surface area contributed by atoms with Gasteiger partial charge in [0.2, 0.25) is 0 Å². The molecule has 200 valence electrons. The molecule has 1 aromatic rings. The quantitative estimate of drug-likeness (QED) is 0.471. The van der Waals surface area contributed by atoms with Crippen LogP contribution in [0.2, 0.25) is 0 Å². The number of ether oxygens (including phenoxy) is 1. The number of ketones is 1. The van der Waals surface area contributed by atoms with Gasteiger partial charge in [0.15, 0.2) is 10.9 Å². The molecule has 2 unspecified atom stereocenters. The molecule has 0 saturated heterocycles. The largest absolute Gasteiger partial charge is 0.445 e. The second-order valence-corrected chi connectivity index (χ2v) is 13.0. The lowest BCUT2D eigenvalue weighted by molar-refractivity contribution is -0.131. The molecule has 2 bridgehead atoms. The van der Waals surface area contributed by atoms with E-state index in [0.29, 0.717) is 25.7 Å². The molecule has 0 aliphatic heterocycles. The fourth-order valence-electron chi connectivity index (χ4n) is 7.26. The van der Waals surface area contributed by atoms with Gasteiger partial charge in [0.25, 0.3) is 5.91 Å². The van der Waals surface area contributed by atoms with Crippen LogP contribution < -0.4 is 11.1 Å². The number of nitrogens with zero attached hydrogens (tertiary/aromatic N) is 1. The van der Waals surface area contributed by atoms with Crippen LogP contribution in [-0.2, 0) is 9.53 Å². The van der Waals surface area contributed by atoms with Crippen molar-refractivity contribution in [2.24, 2.45) is 34.0 Å². The Hall–Kier alpha value is -2.04. The molecule has 3 saturated carbocycles. The smallest absolute Gasteiger partial charge is 0.414 e. The highest BCUT2D eigenvalue weighted by Crippen LogP contribution is 2.63. The minimum atomic E-state index is -1.04. The predicted molar refractivity (Wildman–Crippen MR) is 135 cm³/mol. The number of alkyl carbamates (subject to hydrolysis) is 1. The van der Waals surface area contributed by atoms with Crippen LogP contribution in [0.5, 0.6) is 0 Å². The highest BCUT2D eigenvalue weighted by atomic mass is 32.1. The first-order valence-corrected chi connectivity index (χ1v) is 13.7. The number of nitrogens with one attached hydrogen (secondary N) is 1. The molecule has 9 atom stereocenters. The molecule has 1 heterocycles. The van der Waals surface area contributed by atoms with Crippen LogP contribution in [0.25, 0.3) is 0 Å².